The summed E-state index contributed by atoms with van der Waals surface area (Å²) in [6.07, 6.45) is 1.29. The Balaban J connectivity index is 1.49. The Morgan fingerprint density at radius 1 is 1.05 bits per heavy atom. The Hall–Kier alpha value is -4.21. The van der Waals surface area contributed by atoms with Crippen LogP contribution in [0.15, 0.2) is 66.2 Å². The molecule has 3 aromatic rings. The molecule has 188 valence electrons. The topological polar surface area (TPSA) is 105 Å². The second-order valence-electron chi connectivity index (χ2n) is 7.88. The van der Waals surface area contributed by atoms with Crippen molar-refractivity contribution in [2.24, 2.45) is 0 Å². The minimum atomic E-state index is -0.891. The smallest absolute Gasteiger partial charge is 0.335 e. The van der Waals surface area contributed by atoms with E-state index in [2.05, 4.69) is 10.6 Å². The second kappa shape index (κ2) is 10.8. The van der Waals surface area contributed by atoms with Gasteiger partial charge in [-0.25, -0.2) is 14.1 Å². The molecule has 0 bridgehead atoms. The number of nitrogens with zero attached hydrogens (tertiary/aromatic N) is 1. The lowest BCUT2D eigenvalue weighted by atomic mass is 10.1. The highest BCUT2D eigenvalue weighted by molar-refractivity contribution is 6.40. The van der Waals surface area contributed by atoms with Crippen molar-refractivity contribution in [2.45, 2.75) is 6.92 Å². The van der Waals surface area contributed by atoms with Gasteiger partial charge in [0.2, 0.25) is 0 Å². The highest BCUT2D eigenvalue weighted by Gasteiger charge is 2.37. The summed E-state index contributed by atoms with van der Waals surface area (Å²) in [6, 6.07) is 13.5. The van der Waals surface area contributed by atoms with Crippen LogP contribution in [0.4, 0.5) is 20.6 Å². The van der Waals surface area contributed by atoms with E-state index in [9.17, 15) is 23.6 Å². The van der Waals surface area contributed by atoms with Crippen molar-refractivity contribution in [3.63, 3.8) is 0 Å². The summed E-state index contributed by atoms with van der Waals surface area (Å²) < 4.78 is 18.4. The van der Waals surface area contributed by atoms with Crippen molar-refractivity contribution in [1.29, 1.82) is 0 Å². The van der Waals surface area contributed by atoms with Crippen LogP contribution >= 0.6 is 23.2 Å². The van der Waals surface area contributed by atoms with Crippen LogP contribution in [0.3, 0.4) is 0 Å². The fourth-order valence-electron chi connectivity index (χ4n) is 3.48. The third-order valence-electron chi connectivity index (χ3n) is 5.34. The van der Waals surface area contributed by atoms with Crippen LogP contribution in [0.1, 0.15) is 11.1 Å². The molecule has 8 nitrogen and oxygen atoms in total. The molecule has 4 rings (SSSR count). The van der Waals surface area contributed by atoms with E-state index in [1.165, 1.54) is 48.5 Å². The third kappa shape index (κ3) is 5.79. The number of urea groups is 1. The number of ether oxygens (including phenoxy) is 1. The molecule has 0 aliphatic carbocycles. The van der Waals surface area contributed by atoms with Crippen molar-refractivity contribution in [3.8, 4) is 5.75 Å². The summed E-state index contributed by atoms with van der Waals surface area (Å²) in [6.45, 7) is 1.28. The summed E-state index contributed by atoms with van der Waals surface area (Å²) in [5.74, 6) is -2.42. The first-order chi connectivity index (χ1) is 17.6. The van der Waals surface area contributed by atoms with Crippen LogP contribution in [0, 0.1) is 12.7 Å². The average Bonchev–Trinajstić information content (AvgIpc) is 2.85. The van der Waals surface area contributed by atoms with E-state index in [-0.39, 0.29) is 28.6 Å². The van der Waals surface area contributed by atoms with Gasteiger partial charge in [0.05, 0.1) is 10.7 Å². The largest absolute Gasteiger partial charge is 0.482 e. The van der Waals surface area contributed by atoms with E-state index >= 15 is 0 Å². The molecule has 0 saturated carbocycles. The number of imide groups is 2. The van der Waals surface area contributed by atoms with Crippen molar-refractivity contribution in [1.82, 2.24) is 5.32 Å². The maximum absolute atomic E-state index is 13.1. The lowest BCUT2D eigenvalue weighted by Crippen LogP contribution is -2.54. The van der Waals surface area contributed by atoms with Gasteiger partial charge < -0.3 is 10.1 Å². The first-order valence-electron chi connectivity index (χ1n) is 10.8. The number of halogens is 3. The van der Waals surface area contributed by atoms with Crippen molar-refractivity contribution >= 4 is 64.4 Å². The molecule has 2 N–H and O–H groups in total. The number of hydrogen-bond donors (Lipinski definition) is 2. The van der Waals surface area contributed by atoms with Gasteiger partial charge in [0.15, 0.2) is 6.61 Å². The molecule has 3 aromatic carbocycles. The van der Waals surface area contributed by atoms with Crippen LogP contribution in [0.5, 0.6) is 5.75 Å². The fraction of sp³-hybridized carbons (Fsp3) is 0.0769. The average molecular weight is 542 g/mol. The number of anilines is 2. The van der Waals surface area contributed by atoms with Crippen LogP contribution in [-0.4, -0.2) is 30.4 Å². The van der Waals surface area contributed by atoms with Gasteiger partial charge in [0.1, 0.15) is 17.1 Å². The number of nitrogens with one attached hydrogen (secondary N) is 2. The predicted molar refractivity (Wildman–Crippen MR) is 137 cm³/mol. The Morgan fingerprint density at radius 3 is 2.49 bits per heavy atom. The zero-order chi connectivity index (χ0) is 26.7. The summed E-state index contributed by atoms with van der Waals surface area (Å²) in [4.78, 5) is 51.0. The van der Waals surface area contributed by atoms with E-state index in [1.54, 1.807) is 25.1 Å². The minimum Gasteiger partial charge on any atom is -0.482 e. The molecule has 0 atom stereocenters. The molecule has 0 spiro atoms. The molecule has 1 heterocycles. The fourth-order valence-corrected chi connectivity index (χ4v) is 3.89. The number of amides is 5. The third-order valence-corrected chi connectivity index (χ3v) is 6.04. The molecule has 11 heteroatoms. The van der Waals surface area contributed by atoms with Gasteiger partial charge in [-0.3, -0.25) is 19.7 Å². The van der Waals surface area contributed by atoms with E-state index in [1.807, 2.05) is 0 Å². The monoisotopic (exact) mass is 541 g/mol. The van der Waals surface area contributed by atoms with Crippen molar-refractivity contribution in [2.75, 3.05) is 16.8 Å². The van der Waals surface area contributed by atoms with E-state index in [4.69, 9.17) is 27.9 Å². The molecule has 1 aliphatic heterocycles. The van der Waals surface area contributed by atoms with Crippen LogP contribution in [0.2, 0.25) is 10.0 Å². The number of carbonyl (C=O) groups is 4. The number of carbonyl (C=O) groups excluding carboxylic acids is 4. The maximum atomic E-state index is 13.1. The zero-order valence-electron chi connectivity index (χ0n) is 19.2. The molecule has 0 radical (unpaired) electrons. The standard InChI is InChI=1S/C26H18Cl2FN3O5/c1-14-19(27)3-2-4-21(14)32-25(35)18(24(34)31-26(32)36)11-15-5-10-22(20(28)12-15)37-13-23(33)30-17-8-6-16(29)7-9-17/h2-12H,13H2,1H3,(H,30,33)(H,31,34,36)/b18-11-. The van der Waals surface area contributed by atoms with E-state index in [0.29, 0.717) is 21.8 Å². The van der Waals surface area contributed by atoms with Crippen molar-refractivity contribution < 1.29 is 28.3 Å². The summed E-state index contributed by atoms with van der Waals surface area (Å²) >= 11 is 12.4. The number of benzene rings is 3. The van der Waals surface area contributed by atoms with Gasteiger partial charge in [0, 0.05) is 10.7 Å². The lowest BCUT2D eigenvalue weighted by Gasteiger charge is -2.27. The summed E-state index contributed by atoms with van der Waals surface area (Å²) in [5.41, 5.74) is 1.23. The number of barbiturate groups is 1. The van der Waals surface area contributed by atoms with Crippen LogP contribution in [0.25, 0.3) is 6.08 Å². The second-order valence-corrected chi connectivity index (χ2v) is 8.69. The summed E-state index contributed by atoms with van der Waals surface area (Å²) in [5, 5.41) is 5.18. The zero-order valence-corrected chi connectivity index (χ0v) is 20.7. The van der Waals surface area contributed by atoms with Gasteiger partial charge in [0.25, 0.3) is 17.7 Å². The van der Waals surface area contributed by atoms with Gasteiger partial charge in [-0.1, -0.05) is 35.3 Å². The van der Waals surface area contributed by atoms with E-state index in [0.717, 1.165) is 4.90 Å². The quantitative estimate of drug-likeness (QED) is 0.332. The van der Waals surface area contributed by atoms with Gasteiger partial charge in [-0.15, -0.1) is 0 Å². The first-order valence-corrected chi connectivity index (χ1v) is 11.5. The van der Waals surface area contributed by atoms with Gasteiger partial charge in [-0.2, -0.15) is 0 Å². The molecule has 5 amide bonds. The molecular weight excluding hydrogens is 524 g/mol. The number of hydrogen-bond acceptors (Lipinski definition) is 5. The molecule has 0 aromatic heterocycles. The molecule has 37 heavy (non-hydrogen) atoms. The van der Waals surface area contributed by atoms with Crippen molar-refractivity contribution in [3.05, 3.63) is 93.2 Å². The maximum Gasteiger partial charge on any atom is 0.335 e. The molecule has 1 fully saturated rings. The lowest BCUT2D eigenvalue weighted by molar-refractivity contribution is -0.122. The van der Waals surface area contributed by atoms with Crippen LogP contribution in [-0.2, 0) is 14.4 Å². The van der Waals surface area contributed by atoms with Gasteiger partial charge in [-0.05, 0) is 72.7 Å². The normalized spacial score (nSPS) is 14.5. The minimum absolute atomic E-state index is 0.117. The number of rotatable bonds is 6. The molecule has 1 aliphatic rings. The van der Waals surface area contributed by atoms with E-state index < -0.39 is 29.6 Å². The Bertz CT molecular complexity index is 1460. The summed E-state index contributed by atoms with van der Waals surface area (Å²) in [7, 11) is 0. The first kappa shape index (κ1) is 25.9. The SMILES string of the molecule is Cc1c(Cl)cccc1N1C(=O)NC(=O)/C(=C/c2ccc(OCC(=O)Nc3ccc(F)cc3)c(Cl)c2)C1=O. The highest BCUT2D eigenvalue weighted by atomic mass is 35.5. The molecule has 0 unspecified atom stereocenters. The predicted octanol–water partition coefficient (Wildman–Crippen LogP) is 5.12. The molecular formula is C26H18Cl2FN3O5. The highest BCUT2D eigenvalue weighted by Crippen LogP contribution is 2.31. The Labute approximate surface area is 220 Å². The Kier molecular flexibility index (Phi) is 7.56. The van der Waals surface area contributed by atoms with Gasteiger partial charge >= 0.3 is 6.03 Å². The Morgan fingerprint density at radius 2 is 1.78 bits per heavy atom. The molecule has 1 saturated heterocycles. The van der Waals surface area contributed by atoms with Crippen LogP contribution < -0.4 is 20.3 Å².